The van der Waals surface area contributed by atoms with E-state index in [9.17, 15) is 19.6 Å². The number of nitrogens with zero attached hydrogens (tertiary/aromatic N) is 5. The molecule has 5 rings (SSSR count). The number of rotatable bonds is 6. The molecule has 5 heterocycles. The van der Waals surface area contributed by atoms with Crippen molar-refractivity contribution < 1.29 is 23.9 Å². The van der Waals surface area contributed by atoms with Crippen molar-refractivity contribution in [3.63, 3.8) is 0 Å². The fraction of sp³-hybridized carbons (Fsp3) is 0.440. The molecular formula is C25H26N6O5S. The van der Waals surface area contributed by atoms with Crippen molar-refractivity contribution in [3.8, 4) is 6.07 Å². The van der Waals surface area contributed by atoms with E-state index in [4.69, 9.17) is 9.47 Å². The van der Waals surface area contributed by atoms with Crippen LogP contribution in [0.1, 0.15) is 46.9 Å². The molecule has 0 unspecified atom stereocenters. The van der Waals surface area contributed by atoms with E-state index < -0.39 is 12.1 Å². The molecule has 2 aromatic rings. The van der Waals surface area contributed by atoms with E-state index in [0.717, 1.165) is 16.9 Å². The van der Waals surface area contributed by atoms with Gasteiger partial charge in [-0.2, -0.15) is 5.26 Å². The van der Waals surface area contributed by atoms with Crippen LogP contribution in [-0.2, 0) is 22.4 Å². The number of amides is 3. The molecule has 0 spiro atoms. The molecule has 192 valence electrons. The Morgan fingerprint density at radius 1 is 1.38 bits per heavy atom. The van der Waals surface area contributed by atoms with Crippen LogP contribution in [0.3, 0.4) is 0 Å². The number of aromatic nitrogens is 2. The number of cyclic esters (lactones) is 1. The molecule has 0 aliphatic carbocycles. The number of carbonyl (C=O) groups excluding carboxylic acids is 3. The smallest absolute Gasteiger partial charge is 0.410 e. The Morgan fingerprint density at radius 3 is 2.95 bits per heavy atom. The molecule has 12 heteroatoms. The van der Waals surface area contributed by atoms with Crippen LogP contribution in [0.4, 0.5) is 21.2 Å². The lowest BCUT2D eigenvalue weighted by molar-refractivity contribution is 0.111. The zero-order chi connectivity index (χ0) is 25.9. The third-order valence-electron chi connectivity index (χ3n) is 6.59. The predicted octanol–water partition coefficient (Wildman–Crippen LogP) is 3.37. The molecule has 37 heavy (non-hydrogen) atoms. The van der Waals surface area contributed by atoms with Crippen LogP contribution >= 0.6 is 11.8 Å². The molecule has 2 atom stereocenters. The number of urea groups is 1. The zero-order valence-corrected chi connectivity index (χ0v) is 21.1. The number of anilines is 2. The van der Waals surface area contributed by atoms with Crippen molar-refractivity contribution in [1.29, 1.82) is 5.26 Å². The maximum absolute atomic E-state index is 13.3. The van der Waals surface area contributed by atoms with E-state index in [1.54, 1.807) is 22.7 Å². The van der Waals surface area contributed by atoms with E-state index in [1.807, 2.05) is 13.0 Å². The molecule has 3 amide bonds. The number of carbonyl (C=O) groups is 3. The van der Waals surface area contributed by atoms with Crippen molar-refractivity contribution in [1.82, 2.24) is 14.9 Å². The third kappa shape index (κ3) is 5.23. The molecule has 0 radical (unpaired) electrons. The zero-order valence-electron chi connectivity index (χ0n) is 20.3. The molecule has 2 fully saturated rings. The Kier molecular flexibility index (Phi) is 7.25. The van der Waals surface area contributed by atoms with Crippen molar-refractivity contribution >= 4 is 41.8 Å². The number of thioether (sulfide) groups is 1. The highest BCUT2D eigenvalue weighted by Crippen LogP contribution is 2.33. The average molecular weight is 523 g/mol. The van der Waals surface area contributed by atoms with Gasteiger partial charge in [-0.1, -0.05) is 0 Å². The summed E-state index contributed by atoms with van der Waals surface area (Å²) in [6.07, 6.45) is 3.98. The molecule has 2 aromatic heterocycles. The number of aryl methyl sites for hydroxylation is 1. The lowest BCUT2D eigenvalue weighted by Crippen LogP contribution is -2.40. The Hall–Kier alpha value is -3.69. The highest BCUT2D eigenvalue weighted by molar-refractivity contribution is 8.00. The minimum Gasteiger partial charge on any atom is -0.447 e. The highest BCUT2D eigenvalue weighted by atomic mass is 32.2. The van der Waals surface area contributed by atoms with Crippen LogP contribution in [-0.4, -0.2) is 70.9 Å². The lowest BCUT2D eigenvalue weighted by atomic mass is 10.0. The first-order valence-electron chi connectivity index (χ1n) is 12.1. The summed E-state index contributed by atoms with van der Waals surface area (Å²) < 4.78 is 10.5. The quantitative estimate of drug-likeness (QED) is 0.566. The number of nitrogens with one attached hydrogen (secondary N) is 1. The predicted molar refractivity (Wildman–Crippen MR) is 135 cm³/mol. The van der Waals surface area contributed by atoms with Gasteiger partial charge in [0.15, 0.2) is 6.29 Å². The summed E-state index contributed by atoms with van der Waals surface area (Å²) in [4.78, 5) is 49.8. The summed E-state index contributed by atoms with van der Waals surface area (Å²) in [6, 6.07) is 5.18. The number of pyridine rings is 2. The summed E-state index contributed by atoms with van der Waals surface area (Å²) in [5.74, 6) is 0.740. The van der Waals surface area contributed by atoms with Gasteiger partial charge in [0.1, 0.15) is 30.0 Å². The first-order valence-corrected chi connectivity index (χ1v) is 13.0. The molecule has 0 saturated carbocycles. The van der Waals surface area contributed by atoms with Crippen molar-refractivity contribution in [2.24, 2.45) is 0 Å². The number of aldehydes is 1. The maximum Gasteiger partial charge on any atom is 0.410 e. The van der Waals surface area contributed by atoms with Crippen LogP contribution in [0.25, 0.3) is 0 Å². The topological polar surface area (TPSA) is 138 Å². The number of nitriles is 1. The van der Waals surface area contributed by atoms with E-state index in [0.29, 0.717) is 68.3 Å². The van der Waals surface area contributed by atoms with Crippen molar-refractivity contribution in [3.05, 3.63) is 40.7 Å². The molecule has 2 saturated heterocycles. The number of hydrogen-bond donors (Lipinski definition) is 1. The molecule has 3 aliphatic heterocycles. The van der Waals surface area contributed by atoms with Crippen LogP contribution in [0.2, 0.25) is 0 Å². The van der Waals surface area contributed by atoms with Gasteiger partial charge in [-0.05, 0) is 43.9 Å². The Balaban J connectivity index is 1.36. The molecular weight excluding hydrogens is 496 g/mol. The maximum atomic E-state index is 13.3. The van der Waals surface area contributed by atoms with Crippen molar-refractivity contribution in [2.75, 3.05) is 36.6 Å². The first kappa shape index (κ1) is 25.0. The number of hydrogen-bond acceptors (Lipinski definition) is 9. The number of fused-ring (bicyclic) bond motifs is 1. The fourth-order valence-electron chi connectivity index (χ4n) is 4.58. The largest absolute Gasteiger partial charge is 0.447 e. The minimum absolute atomic E-state index is 0.102. The van der Waals surface area contributed by atoms with Gasteiger partial charge in [-0.15, -0.1) is 11.8 Å². The van der Waals surface area contributed by atoms with Gasteiger partial charge in [0.2, 0.25) is 0 Å². The van der Waals surface area contributed by atoms with E-state index in [2.05, 4.69) is 21.4 Å². The van der Waals surface area contributed by atoms with Gasteiger partial charge in [0.25, 0.3) is 0 Å². The molecule has 1 N–H and O–H groups in total. The van der Waals surface area contributed by atoms with E-state index in [-0.39, 0.29) is 23.5 Å². The Bertz CT molecular complexity index is 1270. The summed E-state index contributed by atoms with van der Waals surface area (Å²) in [7, 11) is 0. The van der Waals surface area contributed by atoms with Crippen LogP contribution in [0, 0.1) is 11.3 Å². The van der Waals surface area contributed by atoms with E-state index >= 15 is 0 Å². The SMILES string of the molecule is C[C@H]1COC(=O)N1Cc1cc2c(nc1C=O)N(C(=O)Nc1cc(S[C@@H]3CCOC3)c(C#N)cn1)CCC2. The fourth-order valence-corrected chi connectivity index (χ4v) is 5.72. The van der Waals surface area contributed by atoms with Gasteiger partial charge < -0.3 is 9.47 Å². The monoisotopic (exact) mass is 522 g/mol. The Labute approximate surface area is 218 Å². The summed E-state index contributed by atoms with van der Waals surface area (Å²) in [5.41, 5.74) is 2.07. The van der Waals surface area contributed by atoms with Crippen LogP contribution in [0.15, 0.2) is 23.2 Å². The van der Waals surface area contributed by atoms with Gasteiger partial charge in [0, 0.05) is 35.1 Å². The van der Waals surface area contributed by atoms with Crippen LogP contribution in [0.5, 0.6) is 0 Å². The second kappa shape index (κ2) is 10.7. The third-order valence-corrected chi connectivity index (χ3v) is 7.89. The highest BCUT2D eigenvalue weighted by Gasteiger charge is 2.32. The average Bonchev–Trinajstić information content (AvgIpc) is 3.53. The number of ether oxygens (including phenoxy) is 2. The molecule has 3 aliphatic rings. The van der Waals surface area contributed by atoms with Gasteiger partial charge in [0.05, 0.1) is 24.8 Å². The summed E-state index contributed by atoms with van der Waals surface area (Å²) in [6.45, 7) is 4.14. The summed E-state index contributed by atoms with van der Waals surface area (Å²) in [5, 5.41) is 12.5. The standard InChI is InChI=1S/C25H26N6O5S/c1-15-13-36-25(34)31(15)11-17-7-16-3-2-5-30(23(16)28-20(17)12-32)24(33)29-22-8-21(18(9-26)10-27-22)37-19-4-6-35-14-19/h7-8,10,12,15,19H,2-6,11,13-14H2,1H3,(H,27,29,33)/t15-,19+/m0/s1. The second-order valence-corrected chi connectivity index (χ2v) is 10.5. The lowest BCUT2D eigenvalue weighted by Gasteiger charge is -2.29. The molecule has 0 bridgehead atoms. The normalized spacial score (nSPS) is 20.8. The second-order valence-electron chi connectivity index (χ2n) is 9.15. The molecule has 0 aromatic carbocycles. The first-order chi connectivity index (χ1) is 18.0. The van der Waals surface area contributed by atoms with Crippen molar-refractivity contribution in [2.45, 2.75) is 48.9 Å². The van der Waals surface area contributed by atoms with Gasteiger partial charge in [-0.25, -0.2) is 19.6 Å². The van der Waals surface area contributed by atoms with E-state index in [1.165, 1.54) is 11.1 Å². The van der Waals surface area contributed by atoms with Gasteiger partial charge in [-0.3, -0.25) is 19.9 Å². The minimum atomic E-state index is -0.424. The van der Waals surface area contributed by atoms with Gasteiger partial charge >= 0.3 is 12.1 Å². The summed E-state index contributed by atoms with van der Waals surface area (Å²) >= 11 is 1.55. The van der Waals surface area contributed by atoms with Crippen LogP contribution < -0.4 is 10.2 Å². The Morgan fingerprint density at radius 2 is 2.24 bits per heavy atom. The molecule has 11 nitrogen and oxygen atoms in total.